The minimum atomic E-state index is -4.83. The van der Waals surface area contributed by atoms with E-state index in [0.717, 1.165) is 23.2 Å². The quantitative estimate of drug-likeness (QED) is 0.386. The Hall–Kier alpha value is -3.06. The van der Waals surface area contributed by atoms with Gasteiger partial charge >= 0.3 is 6.18 Å². The van der Waals surface area contributed by atoms with Crippen LogP contribution < -0.4 is 5.32 Å². The van der Waals surface area contributed by atoms with Crippen LogP contribution in [-0.2, 0) is 22.3 Å². The molecule has 1 atom stereocenters. The molecule has 3 rings (SSSR count). The summed E-state index contributed by atoms with van der Waals surface area (Å²) in [6.45, 7) is 4.65. The Morgan fingerprint density at radius 1 is 1.17 bits per heavy atom. The van der Waals surface area contributed by atoms with E-state index in [0.29, 0.717) is 0 Å². The summed E-state index contributed by atoms with van der Waals surface area (Å²) < 4.78 is 67.4. The summed E-state index contributed by atoms with van der Waals surface area (Å²) in [6.07, 6.45) is -4.83. The first kappa shape index (κ1) is 27.5. The molecule has 13 heteroatoms. The molecule has 0 bridgehead atoms. The van der Waals surface area contributed by atoms with Crippen molar-refractivity contribution in [3.63, 3.8) is 0 Å². The molecule has 1 aromatic heterocycles. The first-order valence-corrected chi connectivity index (χ1v) is 11.3. The molecule has 0 spiro atoms. The molecule has 1 aliphatic rings. The second-order valence-corrected chi connectivity index (χ2v) is 10.0. The number of aliphatic hydroxyl groups is 1. The van der Waals surface area contributed by atoms with Gasteiger partial charge in [0.2, 0.25) is 0 Å². The number of nitrogens with one attached hydrogen (secondary N) is 1. The van der Waals surface area contributed by atoms with E-state index in [4.69, 9.17) is 0 Å². The Kier molecular flexibility index (Phi) is 7.47. The van der Waals surface area contributed by atoms with E-state index >= 15 is 0 Å². The number of aliphatic hydroxyl groups excluding tert-OH is 1. The second kappa shape index (κ2) is 9.77. The lowest BCUT2D eigenvalue weighted by Crippen LogP contribution is -2.59. The van der Waals surface area contributed by atoms with Crippen LogP contribution >= 0.6 is 15.9 Å². The standard InChI is InChI=1S/C23H22BrF5N4O3/c1-22(2,3)19-17(34)15(20(35)31-14-9-8-12(24)18(30-14)23(27,28)29)21(36)33(32(19)4)10-11-6-5-7-13(25)16(11)26/h5-9,19,34H,10H2,1-4H3,(H,30,31,35)/t19-/m1/s1. The van der Waals surface area contributed by atoms with Crippen LogP contribution in [0.3, 0.4) is 0 Å². The molecule has 2 N–H and O–H groups in total. The van der Waals surface area contributed by atoms with Crippen molar-refractivity contribution in [2.24, 2.45) is 5.41 Å². The predicted molar refractivity (Wildman–Crippen MR) is 123 cm³/mol. The number of hydrazine groups is 1. The number of carbonyl (C=O) groups is 2. The zero-order chi connectivity index (χ0) is 27.2. The maximum Gasteiger partial charge on any atom is 0.434 e. The fourth-order valence-electron chi connectivity index (χ4n) is 3.92. The molecular weight excluding hydrogens is 555 g/mol. The van der Waals surface area contributed by atoms with E-state index in [1.807, 2.05) is 0 Å². The van der Waals surface area contributed by atoms with E-state index < -0.39 is 70.5 Å². The molecule has 1 aliphatic heterocycles. The highest BCUT2D eigenvalue weighted by atomic mass is 79.9. The fraction of sp³-hybridized carbons (Fsp3) is 0.348. The lowest BCUT2D eigenvalue weighted by atomic mass is 9.82. The number of nitrogens with zero attached hydrogens (tertiary/aromatic N) is 3. The summed E-state index contributed by atoms with van der Waals surface area (Å²) >= 11 is 2.75. The van der Waals surface area contributed by atoms with Crippen LogP contribution in [0.4, 0.5) is 27.8 Å². The monoisotopic (exact) mass is 576 g/mol. The van der Waals surface area contributed by atoms with Crippen LogP contribution in [0.1, 0.15) is 32.0 Å². The van der Waals surface area contributed by atoms with Crippen LogP contribution in [0.2, 0.25) is 0 Å². The second-order valence-electron chi connectivity index (χ2n) is 9.16. The van der Waals surface area contributed by atoms with Crippen molar-refractivity contribution in [1.82, 2.24) is 15.0 Å². The Bertz CT molecular complexity index is 1240. The Labute approximate surface area is 211 Å². The lowest BCUT2D eigenvalue weighted by Gasteiger charge is -2.46. The molecule has 0 fully saturated rings. The number of benzene rings is 1. The average molecular weight is 577 g/mol. The fourth-order valence-corrected chi connectivity index (χ4v) is 4.37. The summed E-state index contributed by atoms with van der Waals surface area (Å²) in [5.41, 5.74) is -3.02. The molecule has 194 valence electrons. The number of halogens is 6. The molecule has 0 saturated carbocycles. The van der Waals surface area contributed by atoms with Gasteiger partial charge in [0, 0.05) is 17.1 Å². The number of alkyl halides is 3. The molecule has 2 heterocycles. The zero-order valence-corrected chi connectivity index (χ0v) is 21.1. The van der Waals surface area contributed by atoms with Crippen LogP contribution in [0, 0.1) is 17.0 Å². The predicted octanol–water partition coefficient (Wildman–Crippen LogP) is 5.20. The van der Waals surface area contributed by atoms with Gasteiger partial charge in [0.1, 0.15) is 17.2 Å². The van der Waals surface area contributed by atoms with Crippen molar-refractivity contribution in [3.05, 3.63) is 69.0 Å². The molecular formula is C23H22BrF5N4O3. The van der Waals surface area contributed by atoms with Crippen molar-refractivity contribution in [3.8, 4) is 0 Å². The topological polar surface area (TPSA) is 85.8 Å². The smallest absolute Gasteiger partial charge is 0.434 e. The highest BCUT2D eigenvalue weighted by Crippen LogP contribution is 2.37. The number of rotatable bonds is 4. The Morgan fingerprint density at radius 3 is 2.39 bits per heavy atom. The van der Waals surface area contributed by atoms with E-state index in [2.05, 4.69) is 26.2 Å². The van der Waals surface area contributed by atoms with Crippen LogP contribution in [0.25, 0.3) is 0 Å². The molecule has 0 radical (unpaired) electrons. The molecule has 0 unspecified atom stereocenters. The molecule has 1 aromatic carbocycles. The number of amides is 2. The first-order valence-electron chi connectivity index (χ1n) is 10.5. The third-order valence-electron chi connectivity index (χ3n) is 5.47. The van der Waals surface area contributed by atoms with Gasteiger partial charge in [0.05, 0.1) is 12.6 Å². The van der Waals surface area contributed by atoms with Gasteiger partial charge in [-0.3, -0.25) is 14.6 Å². The maximum atomic E-state index is 14.4. The molecule has 36 heavy (non-hydrogen) atoms. The number of likely N-dealkylation sites (N-methyl/N-ethyl adjacent to an activating group) is 1. The third-order valence-corrected chi connectivity index (χ3v) is 6.11. The minimum Gasteiger partial charge on any atom is -0.509 e. The van der Waals surface area contributed by atoms with E-state index in [1.165, 1.54) is 24.2 Å². The highest BCUT2D eigenvalue weighted by Gasteiger charge is 2.46. The zero-order valence-electron chi connectivity index (χ0n) is 19.5. The summed E-state index contributed by atoms with van der Waals surface area (Å²) in [7, 11) is 1.43. The number of hydrogen-bond acceptors (Lipinski definition) is 5. The van der Waals surface area contributed by atoms with Gasteiger partial charge in [-0.1, -0.05) is 32.9 Å². The largest absolute Gasteiger partial charge is 0.509 e. The summed E-state index contributed by atoms with van der Waals surface area (Å²) in [5, 5.41) is 15.3. The normalized spacial score (nSPS) is 17.6. The summed E-state index contributed by atoms with van der Waals surface area (Å²) in [4.78, 5) is 29.8. The third kappa shape index (κ3) is 5.36. The van der Waals surface area contributed by atoms with Crippen LogP contribution in [0.5, 0.6) is 0 Å². The first-order chi connectivity index (χ1) is 16.5. The van der Waals surface area contributed by atoms with Crippen molar-refractivity contribution >= 4 is 33.6 Å². The number of hydrogen-bond donors (Lipinski definition) is 2. The van der Waals surface area contributed by atoms with Gasteiger partial charge in [0.15, 0.2) is 17.3 Å². The van der Waals surface area contributed by atoms with Gasteiger partial charge in [-0.15, -0.1) is 0 Å². The van der Waals surface area contributed by atoms with Gasteiger partial charge < -0.3 is 10.4 Å². The molecule has 0 saturated heterocycles. The number of anilines is 1. The minimum absolute atomic E-state index is 0.187. The van der Waals surface area contributed by atoms with Crippen molar-refractivity contribution in [1.29, 1.82) is 0 Å². The van der Waals surface area contributed by atoms with Gasteiger partial charge in [-0.05, 0) is 39.5 Å². The lowest BCUT2D eigenvalue weighted by molar-refractivity contribution is -0.158. The van der Waals surface area contributed by atoms with Gasteiger partial charge in [0.25, 0.3) is 11.8 Å². The van der Waals surface area contributed by atoms with Gasteiger partial charge in [-0.25, -0.2) is 18.8 Å². The molecule has 2 aromatic rings. The van der Waals surface area contributed by atoms with E-state index in [9.17, 15) is 36.6 Å². The number of aromatic nitrogens is 1. The highest BCUT2D eigenvalue weighted by molar-refractivity contribution is 9.10. The summed E-state index contributed by atoms with van der Waals surface area (Å²) in [6, 6.07) is 4.54. The van der Waals surface area contributed by atoms with Crippen molar-refractivity contribution in [2.75, 3.05) is 12.4 Å². The van der Waals surface area contributed by atoms with Crippen LogP contribution in [-0.4, -0.2) is 45.0 Å². The Morgan fingerprint density at radius 2 is 1.81 bits per heavy atom. The van der Waals surface area contributed by atoms with Crippen molar-refractivity contribution < 1.29 is 36.6 Å². The molecule has 7 nitrogen and oxygen atoms in total. The van der Waals surface area contributed by atoms with Gasteiger partial charge in [-0.2, -0.15) is 13.2 Å². The average Bonchev–Trinajstić information content (AvgIpc) is 2.73. The number of carbonyl (C=O) groups excluding carboxylic acids is 2. The Balaban J connectivity index is 2.04. The molecule has 0 aliphatic carbocycles. The molecule has 2 amide bonds. The van der Waals surface area contributed by atoms with Crippen molar-refractivity contribution in [2.45, 2.75) is 39.5 Å². The summed E-state index contributed by atoms with van der Waals surface area (Å²) in [5.74, 6) is -5.74. The van der Waals surface area contributed by atoms with Crippen LogP contribution in [0.15, 0.2) is 46.1 Å². The number of pyridine rings is 1. The van der Waals surface area contributed by atoms with E-state index in [1.54, 1.807) is 20.8 Å². The van der Waals surface area contributed by atoms with E-state index in [-0.39, 0.29) is 10.0 Å². The maximum absolute atomic E-state index is 14.4. The SMILES string of the molecule is CN1[C@@H](C(C)(C)C)C(O)=C(C(=O)Nc2ccc(Br)c(C(F)(F)F)n2)C(=O)N1Cc1cccc(F)c1F.